The van der Waals surface area contributed by atoms with Gasteiger partial charge in [-0.1, -0.05) is 18.2 Å². The predicted molar refractivity (Wildman–Crippen MR) is 133 cm³/mol. The van der Waals surface area contributed by atoms with Crippen LogP contribution in [-0.4, -0.2) is 56.1 Å². The van der Waals surface area contributed by atoms with Gasteiger partial charge in [-0.25, -0.2) is 9.97 Å². The average Bonchev–Trinajstić information content (AvgIpc) is 2.88. The van der Waals surface area contributed by atoms with Gasteiger partial charge in [0.1, 0.15) is 11.5 Å². The number of hydrogen-bond acceptors (Lipinski definition) is 7. The Morgan fingerprint density at radius 1 is 0.853 bits per heavy atom. The molecule has 0 spiro atoms. The summed E-state index contributed by atoms with van der Waals surface area (Å²) in [5, 5.41) is 0. The van der Waals surface area contributed by atoms with E-state index in [1.165, 1.54) is 0 Å². The molecule has 34 heavy (non-hydrogen) atoms. The first kappa shape index (κ1) is 22.2. The van der Waals surface area contributed by atoms with E-state index in [1.807, 2.05) is 31.2 Å². The number of fused-ring (bicyclic) bond motifs is 1. The van der Waals surface area contributed by atoms with Crippen LogP contribution in [0.2, 0.25) is 0 Å². The largest absolute Gasteiger partial charge is 0.497 e. The van der Waals surface area contributed by atoms with Crippen LogP contribution in [0.3, 0.4) is 0 Å². The fourth-order valence-electron chi connectivity index (χ4n) is 4.98. The van der Waals surface area contributed by atoms with Gasteiger partial charge < -0.3 is 19.3 Å². The number of piperazine rings is 1. The van der Waals surface area contributed by atoms with Crippen LogP contribution in [0.4, 0.5) is 11.6 Å². The van der Waals surface area contributed by atoms with E-state index in [2.05, 4.69) is 34.1 Å². The number of benzene rings is 2. The first-order valence-electron chi connectivity index (χ1n) is 11.7. The first-order chi connectivity index (χ1) is 16.6. The van der Waals surface area contributed by atoms with Gasteiger partial charge in [0.15, 0.2) is 5.78 Å². The number of ether oxygens (including phenoxy) is 2. The third-order valence-electron chi connectivity index (χ3n) is 6.87. The molecule has 0 N–H and O–H groups in total. The third kappa shape index (κ3) is 4.30. The molecule has 1 aliphatic heterocycles. The van der Waals surface area contributed by atoms with Gasteiger partial charge in [0.25, 0.3) is 0 Å². The van der Waals surface area contributed by atoms with Gasteiger partial charge in [-0.2, -0.15) is 0 Å². The maximum Gasteiger partial charge on any atom is 0.225 e. The Bertz CT molecular complexity index is 1190. The molecule has 1 unspecified atom stereocenters. The Morgan fingerprint density at radius 3 is 2.26 bits per heavy atom. The second kappa shape index (κ2) is 9.33. The summed E-state index contributed by atoms with van der Waals surface area (Å²) in [6.07, 6.45) is 1.23. The molecular formula is C27H30N4O3. The lowest BCUT2D eigenvalue weighted by molar-refractivity contribution is 0.0962. The van der Waals surface area contributed by atoms with Crippen LogP contribution in [-0.2, 0) is 6.42 Å². The van der Waals surface area contributed by atoms with Crippen molar-refractivity contribution in [3.05, 3.63) is 71.0 Å². The number of nitrogens with zero attached hydrogens (tertiary/aromatic N) is 4. The standard InChI is InChI=1S/C27H30N4O3/c1-18-26-24(15-20(16-25(26)32)19-7-9-22(33-2)10-8-19)29-27(28-18)31-13-11-30(12-14-31)21-5-4-6-23(17-21)34-3/h4-10,17,20H,11-16H2,1-3H3. The molecule has 0 amide bonds. The maximum atomic E-state index is 13.0. The van der Waals surface area contributed by atoms with Crippen molar-refractivity contribution >= 4 is 17.4 Å². The number of rotatable bonds is 5. The van der Waals surface area contributed by atoms with Gasteiger partial charge in [0.05, 0.1) is 31.2 Å². The zero-order valence-electron chi connectivity index (χ0n) is 20.0. The molecule has 2 aromatic carbocycles. The van der Waals surface area contributed by atoms with E-state index >= 15 is 0 Å². The number of Topliss-reactive ketones (excluding diaryl/α,β-unsaturated/α-hetero) is 1. The molecule has 176 valence electrons. The topological polar surface area (TPSA) is 67.8 Å². The molecule has 1 aromatic heterocycles. The molecule has 0 bridgehead atoms. The molecule has 0 radical (unpaired) electrons. The second-order valence-electron chi connectivity index (χ2n) is 8.91. The highest BCUT2D eigenvalue weighted by Gasteiger charge is 2.31. The number of carbonyl (C=O) groups is 1. The monoisotopic (exact) mass is 458 g/mol. The number of aromatic nitrogens is 2. The van der Waals surface area contributed by atoms with Gasteiger partial charge in [-0.15, -0.1) is 0 Å². The van der Waals surface area contributed by atoms with Crippen LogP contribution in [0.15, 0.2) is 48.5 Å². The number of anilines is 2. The molecule has 5 rings (SSSR count). The van der Waals surface area contributed by atoms with E-state index in [0.29, 0.717) is 12.0 Å². The summed E-state index contributed by atoms with van der Waals surface area (Å²) in [6.45, 7) is 5.33. The molecule has 7 nitrogen and oxygen atoms in total. The number of methoxy groups -OCH3 is 2. The Balaban J connectivity index is 1.33. The average molecular weight is 459 g/mol. The van der Waals surface area contributed by atoms with E-state index < -0.39 is 0 Å². The lowest BCUT2D eigenvalue weighted by Gasteiger charge is -2.36. The zero-order valence-corrected chi connectivity index (χ0v) is 20.0. The summed E-state index contributed by atoms with van der Waals surface area (Å²) in [6, 6.07) is 16.2. The Labute approximate surface area is 200 Å². The molecule has 2 aliphatic rings. The molecule has 1 atom stereocenters. The van der Waals surface area contributed by atoms with Gasteiger partial charge in [0, 0.05) is 44.4 Å². The normalized spacial score (nSPS) is 18.0. The highest BCUT2D eigenvalue weighted by atomic mass is 16.5. The van der Waals surface area contributed by atoms with Gasteiger partial charge >= 0.3 is 0 Å². The molecule has 1 fully saturated rings. The Kier molecular flexibility index (Phi) is 6.09. The van der Waals surface area contributed by atoms with Crippen LogP contribution < -0.4 is 19.3 Å². The van der Waals surface area contributed by atoms with E-state index in [0.717, 1.165) is 72.7 Å². The lowest BCUT2D eigenvalue weighted by Crippen LogP contribution is -2.47. The smallest absolute Gasteiger partial charge is 0.225 e. The van der Waals surface area contributed by atoms with Gasteiger partial charge in [0.2, 0.25) is 5.95 Å². The Morgan fingerprint density at radius 2 is 1.56 bits per heavy atom. The quantitative estimate of drug-likeness (QED) is 0.572. The van der Waals surface area contributed by atoms with Crippen molar-refractivity contribution in [2.45, 2.75) is 25.7 Å². The highest BCUT2D eigenvalue weighted by Crippen LogP contribution is 2.34. The van der Waals surface area contributed by atoms with Crippen molar-refractivity contribution in [2.24, 2.45) is 0 Å². The van der Waals surface area contributed by atoms with Crippen molar-refractivity contribution in [3.8, 4) is 11.5 Å². The van der Waals surface area contributed by atoms with Crippen LogP contribution in [0, 0.1) is 6.92 Å². The van der Waals surface area contributed by atoms with Crippen molar-refractivity contribution < 1.29 is 14.3 Å². The van der Waals surface area contributed by atoms with Crippen molar-refractivity contribution in [2.75, 3.05) is 50.2 Å². The van der Waals surface area contributed by atoms with Crippen molar-refractivity contribution in [3.63, 3.8) is 0 Å². The SMILES string of the molecule is COc1ccc(C2CC(=O)c3c(C)nc(N4CCN(c5cccc(OC)c5)CC4)nc3C2)cc1. The van der Waals surface area contributed by atoms with E-state index in [9.17, 15) is 4.79 Å². The highest BCUT2D eigenvalue weighted by molar-refractivity contribution is 5.99. The number of carbonyl (C=O) groups excluding carboxylic acids is 1. The third-order valence-corrected chi connectivity index (χ3v) is 6.87. The van der Waals surface area contributed by atoms with Crippen molar-refractivity contribution in [1.82, 2.24) is 9.97 Å². The molecule has 2 heterocycles. The van der Waals surface area contributed by atoms with Crippen LogP contribution in [0.5, 0.6) is 11.5 Å². The van der Waals surface area contributed by atoms with Crippen LogP contribution in [0.25, 0.3) is 0 Å². The minimum atomic E-state index is 0.123. The summed E-state index contributed by atoms with van der Waals surface area (Å²) >= 11 is 0. The zero-order chi connectivity index (χ0) is 23.7. The molecule has 7 heteroatoms. The molecule has 1 aliphatic carbocycles. The number of hydrogen-bond donors (Lipinski definition) is 0. The van der Waals surface area contributed by atoms with Crippen LogP contribution >= 0.6 is 0 Å². The molecule has 1 saturated heterocycles. The first-order valence-corrected chi connectivity index (χ1v) is 11.7. The molecule has 3 aromatic rings. The maximum absolute atomic E-state index is 13.0. The molecule has 0 saturated carbocycles. The fourth-order valence-corrected chi connectivity index (χ4v) is 4.98. The number of ketones is 1. The summed E-state index contributed by atoms with van der Waals surface area (Å²) in [4.78, 5) is 27.3. The summed E-state index contributed by atoms with van der Waals surface area (Å²) in [7, 11) is 3.35. The van der Waals surface area contributed by atoms with E-state index in [1.54, 1.807) is 14.2 Å². The van der Waals surface area contributed by atoms with Crippen molar-refractivity contribution in [1.29, 1.82) is 0 Å². The van der Waals surface area contributed by atoms with Gasteiger partial charge in [-0.05, 0) is 49.1 Å². The fraction of sp³-hybridized carbons (Fsp3) is 0.370. The summed E-state index contributed by atoms with van der Waals surface area (Å²) in [5.41, 5.74) is 4.67. The minimum Gasteiger partial charge on any atom is -0.497 e. The lowest BCUT2D eigenvalue weighted by atomic mass is 9.81. The minimum absolute atomic E-state index is 0.123. The van der Waals surface area contributed by atoms with E-state index in [4.69, 9.17) is 19.4 Å². The summed E-state index contributed by atoms with van der Waals surface area (Å²) in [5.74, 6) is 2.67. The second-order valence-corrected chi connectivity index (χ2v) is 8.91. The summed E-state index contributed by atoms with van der Waals surface area (Å²) < 4.78 is 10.6. The predicted octanol–water partition coefficient (Wildman–Crippen LogP) is 4.04. The Hall–Kier alpha value is -3.61. The van der Waals surface area contributed by atoms with Gasteiger partial charge in [-0.3, -0.25) is 4.79 Å². The van der Waals surface area contributed by atoms with Crippen LogP contribution in [0.1, 0.15) is 39.6 Å². The molecular weight excluding hydrogens is 428 g/mol. The van der Waals surface area contributed by atoms with E-state index in [-0.39, 0.29) is 11.7 Å². The number of aryl methyl sites for hydroxylation is 1.